The lowest BCUT2D eigenvalue weighted by atomic mass is 9.94. The van der Waals surface area contributed by atoms with E-state index in [-0.39, 0.29) is 5.92 Å². The van der Waals surface area contributed by atoms with Gasteiger partial charge in [-0.15, -0.1) is 0 Å². The van der Waals surface area contributed by atoms with Crippen LogP contribution in [0.1, 0.15) is 19.4 Å². The molecule has 0 fully saturated rings. The number of benzene rings is 1. The highest BCUT2D eigenvalue weighted by molar-refractivity contribution is 7.92. The van der Waals surface area contributed by atoms with E-state index in [1.165, 1.54) is 0 Å². The Bertz CT molecular complexity index is 609. The van der Waals surface area contributed by atoms with Crippen molar-refractivity contribution in [2.75, 3.05) is 0 Å². The van der Waals surface area contributed by atoms with Gasteiger partial charge in [0, 0.05) is 0 Å². The summed E-state index contributed by atoms with van der Waals surface area (Å²) in [6.07, 6.45) is 5.61. The molecule has 2 atom stereocenters. The lowest BCUT2D eigenvalue weighted by Gasteiger charge is -2.24. The molecule has 1 aliphatic carbocycles. The number of rotatable bonds is 2. The third-order valence-electron chi connectivity index (χ3n) is 3.55. The number of hydrogen-bond acceptors (Lipinski definition) is 2. The first-order valence-electron chi connectivity index (χ1n) is 6.08. The Balaban J connectivity index is 2.44. The van der Waals surface area contributed by atoms with Crippen molar-refractivity contribution in [3.63, 3.8) is 0 Å². The highest BCUT2D eigenvalue weighted by Gasteiger charge is 2.32. The maximum Gasteiger partial charge on any atom is 0.185 e. The maximum absolute atomic E-state index is 12.6. The molecule has 0 aromatic heterocycles. The van der Waals surface area contributed by atoms with E-state index in [2.05, 4.69) is 0 Å². The van der Waals surface area contributed by atoms with Crippen LogP contribution in [-0.2, 0) is 9.84 Å². The van der Waals surface area contributed by atoms with E-state index >= 15 is 0 Å². The summed E-state index contributed by atoms with van der Waals surface area (Å²) in [5.74, 6) is 0.0283. The molecule has 1 aromatic carbocycles. The minimum Gasteiger partial charge on any atom is -0.223 e. The van der Waals surface area contributed by atoms with Gasteiger partial charge in [0.05, 0.1) is 10.1 Å². The number of aryl methyl sites for hydroxylation is 1. The third kappa shape index (κ3) is 2.27. The smallest absolute Gasteiger partial charge is 0.185 e. The second-order valence-corrected chi connectivity index (χ2v) is 7.02. The van der Waals surface area contributed by atoms with Crippen molar-refractivity contribution in [1.82, 2.24) is 0 Å². The Morgan fingerprint density at radius 3 is 2.56 bits per heavy atom. The van der Waals surface area contributed by atoms with E-state index in [1.807, 2.05) is 39.0 Å². The van der Waals surface area contributed by atoms with Crippen LogP contribution in [0.2, 0.25) is 0 Å². The second kappa shape index (κ2) is 4.73. The summed E-state index contributed by atoms with van der Waals surface area (Å²) >= 11 is 0. The first-order chi connectivity index (χ1) is 8.43. The van der Waals surface area contributed by atoms with E-state index in [1.54, 1.807) is 24.3 Å². The summed E-state index contributed by atoms with van der Waals surface area (Å²) in [5, 5.41) is -0.454. The molecule has 0 saturated heterocycles. The highest BCUT2D eigenvalue weighted by atomic mass is 32.2. The van der Waals surface area contributed by atoms with Crippen molar-refractivity contribution in [2.24, 2.45) is 5.92 Å². The topological polar surface area (TPSA) is 34.1 Å². The van der Waals surface area contributed by atoms with E-state index in [9.17, 15) is 8.42 Å². The average Bonchev–Trinajstić information content (AvgIpc) is 2.32. The van der Waals surface area contributed by atoms with Crippen molar-refractivity contribution in [3.05, 3.63) is 53.6 Å². The molecular formula is C15H18O2S. The summed E-state index contributed by atoms with van der Waals surface area (Å²) in [6, 6.07) is 7.12. The SMILES string of the molecule is CC1=CC=CC(S(=O)(=O)c2cccc(C)c2)C1C. The second-order valence-electron chi connectivity index (χ2n) is 4.91. The minimum absolute atomic E-state index is 0.0283. The van der Waals surface area contributed by atoms with Gasteiger partial charge in [0.25, 0.3) is 0 Å². The molecule has 0 bridgehead atoms. The van der Waals surface area contributed by atoms with Gasteiger partial charge in [0.2, 0.25) is 0 Å². The van der Waals surface area contributed by atoms with Crippen molar-refractivity contribution in [1.29, 1.82) is 0 Å². The van der Waals surface area contributed by atoms with Gasteiger partial charge in [-0.1, -0.05) is 42.9 Å². The standard InChI is InChI=1S/C15H18O2S/c1-11-6-4-8-14(10-11)18(16,17)15-9-5-7-12(2)13(15)3/h4-10,13,15H,1-3H3. The largest absolute Gasteiger partial charge is 0.223 e. The average molecular weight is 262 g/mol. The van der Waals surface area contributed by atoms with Gasteiger partial charge in [0.15, 0.2) is 9.84 Å². The molecule has 0 amide bonds. The highest BCUT2D eigenvalue weighted by Crippen LogP contribution is 2.29. The molecule has 2 nitrogen and oxygen atoms in total. The van der Waals surface area contributed by atoms with Crippen LogP contribution >= 0.6 is 0 Å². The fourth-order valence-electron chi connectivity index (χ4n) is 2.22. The number of sulfone groups is 1. The summed E-state index contributed by atoms with van der Waals surface area (Å²) in [5.41, 5.74) is 2.08. The Hall–Kier alpha value is -1.35. The predicted octanol–water partition coefficient (Wildman–Crippen LogP) is 3.29. The molecule has 18 heavy (non-hydrogen) atoms. The van der Waals surface area contributed by atoms with Crippen LogP contribution in [0.25, 0.3) is 0 Å². The zero-order valence-corrected chi connectivity index (χ0v) is 11.7. The molecule has 0 N–H and O–H groups in total. The number of hydrogen-bond donors (Lipinski definition) is 0. The molecule has 0 saturated carbocycles. The molecule has 96 valence electrons. The first kappa shape index (κ1) is 13.1. The van der Waals surface area contributed by atoms with E-state index < -0.39 is 15.1 Å². The molecule has 3 heteroatoms. The van der Waals surface area contributed by atoms with Gasteiger partial charge in [-0.2, -0.15) is 0 Å². The Morgan fingerprint density at radius 1 is 1.17 bits per heavy atom. The van der Waals surface area contributed by atoms with Crippen LogP contribution in [0.3, 0.4) is 0 Å². The monoisotopic (exact) mass is 262 g/mol. The van der Waals surface area contributed by atoms with Gasteiger partial charge in [-0.3, -0.25) is 0 Å². The van der Waals surface area contributed by atoms with Crippen LogP contribution in [0.5, 0.6) is 0 Å². The molecule has 1 aromatic rings. The zero-order chi connectivity index (χ0) is 13.3. The molecule has 2 rings (SSSR count). The Labute approximate surface area is 109 Å². The van der Waals surface area contributed by atoms with Crippen molar-refractivity contribution >= 4 is 9.84 Å². The summed E-state index contributed by atoms with van der Waals surface area (Å²) < 4.78 is 25.2. The van der Waals surface area contributed by atoms with Crippen LogP contribution in [0.15, 0.2) is 53.0 Å². The normalized spacial score (nSPS) is 23.8. The molecule has 0 aliphatic heterocycles. The Morgan fingerprint density at radius 2 is 1.89 bits per heavy atom. The lowest BCUT2D eigenvalue weighted by Crippen LogP contribution is -2.28. The van der Waals surface area contributed by atoms with E-state index in [0.717, 1.165) is 11.1 Å². The quantitative estimate of drug-likeness (QED) is 0.819. The molecule has 2 unspecified atom stereocenters. The summed E-state index contributed by atoms with van der Waals surface area (Å²) in [7, 11) is -3.29. The summed E-state index contributed by atoms with van der Waals surface area (Å²) in [6.45, 7) is 5.85. The van der Waals surface area contributed by atoms with Crippen molar-refractivity contribution in [3.8, 4) is 0 Å². The van der Waals surface area contributed by atoms with Gasteiger partial charge >= 0.3 is 0 Å². The van der Waals surface area contributed by atoms with Gasteiger partial charge in [-0.25, -0.2) is 8.42 Å². The van der Waals surface area contributed by atoms with Crippen LogP contribution < -0.4 is 0 Å². The fourth-order valence-corrected chi connectivity index (χ4v) is 4.20. The van der Waals surface area contributed by atoms with E-state index in [4.69, 9.17) is 0 Å². The van der Waals surface area contributed by atoms with Crippen molar-refractivity contribution < 1.29 is 8.42 Å². The minimum atomic E-state index is -3.29. The van der Waals surface area contributed by atoms with E-state index in [0.29, 0.717) is 4.90 Å². The number of allylic oxidation sites excluding steroid dienone is 3. The Kier molecular flexibility index (Phi) is 3.44. The van der Waals surface area contributed by atoms with Crippen LogP contribution in [-0.4, -0.2) is 13.7 Å². The zero-order valence-electron chi connectivity index (χ0n) is 10.9. The molecule has 0 spiro atoms. The fraction of sp³-hybridized carbons (Fsp3) is 0.333. The first-order valence-corrected chi connectivity index (χ1v) is 7.63. The van der Waals surface area contributed by atoms with Crippen LogP contribution in [0, 0.1) is 12.8 Å². The molecule has 0 heterocycles. The maximum atomic E-state index is 12.6. The molecule has 0 radical (unpaired) electrons. The van der Waals surface area contributed by atoms with Crippen molar-refractivity contribution in [2.45, 2.75) is 30.9 Å². The van der Waals surface area contributed by atoms with Gasteiger partial charge in [-0.05, 0) is 37.5 Å². The summed E-state index contributed by atoms with van der Waals surface area (Å²) in [4.78, 5) is 0.415. The van der Waals surface area contributed by atoms with Gasteiger partial charge in [0.1, 0.15) is 0 Å². The predicted molar refractivity (Wildman–Crippen MR) is 74.2 cm³/mol. The van der Waals surface area contributed by atoms with Gasteiger partial charge < -0.3 is 0 Å². The van der Waals surface area contributed by atoms with Crippen LogP contribution in [0.4, 0.5) is 0 Å². The lowest BCUT2D eigenvalue weighted by molar-refractivity contribution is 0.565. The molecular weight excluding hydrogens is 244 g/mol. The molecule has 1 aliphatic rings. The third-order valence-corrected chi connectivity index (χ3v) is 5.74.